The summed E-state index contributed by atoms with van der Waals surface area (Å²) in [6.07, 6.45) is 0.729. The highest BCUT2D eigenvalue weighted by Gasteiger charge is 2.13. The van der Waals surface area contributed by atoms with Crippen LogP contribution in [0.5, 0.6) is 0 Å². The van der Waals surface area contributed by atoms with Crippen molar-refractivity contribution < 1.29 is 0 Å². The first kappa shape index (κ1) is 15.9. The highest BCUT2D eigenvalue weighted by atomic mass is 15.3. The van der Waals surface area contributed by atoms with Crippen molar-refractivity contribution in [2.45, 2.75) is 6.42 Å². The van der Waals surface area contributed by atoms with Gasteiger partial charge in [-0.3, -0.25) is 0 Å². The Kier molecular flexibility index (Phi) is 4.58. The Morgan fingerprint density at radius 2 is 1.38 bits per heavy atom. The van der Waals surface area contributed by atoms with Crippen molar-refractivity contribution in [3.05, 3.63) is 107 Å². The smallest absolute Gasteiger partial charge is 0.117 e. The normalized spacial score (nSPS) is 10.2. The van der Waals surface area contributed by atoms with Gasteiger partial charge in [0.1, 0.15) is 5.69 Å². The molecule has 0 fully saturated rings. The fraction of sp³-hybridized carbons (Fsp3) is 0.0435. The van der Waals surface area contributed by atoms with Crippen LogP contribution in [0.1, 0.15) is 22.4 Å². The van der Waals surface area contributed by atoms with Crippen LogP contribution >= 0.6 is 0 Å². The van der Waals surface area contributed by atoms with E-state index < -0.39 is 0 Å². The zero-order valence-corrected chi connectivity index (χ0v) is 14.2. The van der Waals surface area contributed by atoms with Crippen molar-refractivity contribution in [2.75, 3.05) is 0 Å². The molecule has 4 rings (SSSR count). The number of H-pyrrole nitrogens is 1. The number of aromatic amines is 1. The Balaban J connectivity index is 1.70. The number of nitrogens with one attached hydrogen (secondary N) is 1. The molecule has 1 aromatic heterocycles. The first-order valence-corrected chi connectivity index (χ1v) is 8.50. The lowest BCUT2D eigenvalue weighted by atomic mass is 10.0. The molecule has 0 aliphatic carbocycles. The third kappa shape index (κ3) is 3.55. The van der Waals surface area contributed by atoms with Crippen LogP contribution in [0, 0.1) is 11.8 Å². The van der Waals surface area contributed by atoms with Gasteiger partial charge in [-0.1, -0.05) is 78.6 Å². The van der Waals surface area contributed by atoms with Gasteiger partial charge >= 0.3 is 0 Å². The van der Waals surface area contributed by atoms with Crippen LogP contribution in [-0.4, -0.2) is 15.4 Å². The monoisotopic (exact) mass is 335 g/mol. The molecule has 124 valence electrons. The molecule has 0 saturated heterocycles. The lowest BCUT2D eigenvalue weighted by Crippen LogP contribution is -1.93. The zero-order chi connectivity index (χ0) is 17.6. The molecule has 1 N–H and O–H groups in total. The summed E-state index contributed by atoms with van der Waals surface area (Å²) in [5.41, 5.74) is 5.91. The molecule has 0 bridgehead atoms. The van der Waals surface area contributed by atoms with Gasteiger partial charge < -0.3 is 0 Å². The van der Waals surface area contributed by atoms with E-state index in [1.165, 1.54) is 5.56 Å². The lowest BCUT2D eigenvalue weighted by molar-refractivity contribution is 0.916. The molecule has 0 amide bonds. The summed E-state index contributed by atoms with van der Waals surface area (Å²) in [7, 11) is 0. The van der Waals surface area contributed by atoms with Crippen LogP contribution in [0.3, 0.4) is 0 Å². The second-order valence-electron chi connectivity index (χ2n) is 5.94. The Bertz CT molecular complexity index is 1050. The van der Waals surface area contributed by atoms with E-state index in [4.69, 9.17) is 0 Å². The highest BCUT2D eigenvalue weighted by molar-refractivity contribution is 5.70. The number of benzene rings is 3. The van der Waals surface area contributed by atoms with E-state index in [2.05, 4.69) is 39.4 Å². The predicted molar refractivity (Wildman–Crippen MR) is 103 cm³/mol. The maximum atomic E-state index is 4.39. The van der Waals surface area contributed by atoms with Crippen molar-refractivity contribution in [2.24, 2.45) is 0 Å². The topological polar surface area (TPSA) is 41.6 Å². The molecule has 0 saturated carbocycles. The van der Waals surface area contributed by atoms with Crippen molar-refractivity contribution in [1.29, 1.82) is 0 Å². The molecule has 0 spiro atoms. The van der Waals surface area contributed by atoms with Crippen LogP contribution in [-0.2, 0) is 6.42 Å². The van der Waals surface area contributed by atoms with Crippen molar-refractivity contribution in [1.82, 2.24) is 15.4 Å². The van der Waals surface area contributed by atoms with Crippen molar-refractivity contribution in [3.8, 4) is 23.1 Å². The molecule has 26 heavy (non-hydrogen) atoms. The van der Waals surface area contributed by atoms with E-state index in [1.54, 1.807) is 0 Å². The molecule has 3 heteroatoms. The quantitative estimate of drug-likeness (QED) is 0.562. The molecular formula is C23H17N3. The van der Waals surface area contributed by atoms with Crippen LogP contribution in [0.4, 0.5) is 0 Å². The molecular weight excluding hydrogens is 318 g/mol. The van der Waals surface area contributed by atoms with E-state index in [1.807, 2.05) is 72.8 Å². The van der Waals surface area contributed by atoms with E-state index in [0.29, 0.717) is 0 Å². The minimum absolute atomic E-state index is 0.729. The first-order valence-electron chi connectivity index (χ1n) is 8.50. The van der Waals surface area contributed by atoms with Gasteiger partial charge in [0.2, 0.25) is 0 Å². The molecule has 1 heterocycles. The molecule has 0 aliphatic rings. The van der Waals surface area contributed by atoms with Crippen molar-refractivity contribution in [3.63, 3.8) is 0 Å². The van der Waals surface area contributed by atoms with Crippen LogP contribution in [0.15, 0.2) is 84.9 Å². The molecule has 0 unspecified atom stereocenters. The maximum absolute atomic E-state index is 4.39. The van der Waals surface area contributed by atoms with Gasteiger partial charge in [0.25, 0.3) is 0 Å². The van der Waals surface area contributed by atoms with Gasteiger partial charge in [0.15, 0.2) is 0 Å². The number of rotatable bonds is 3. The highest BCUT2D eigenvalue weighted by Crippen LogP contribution is 2.25. The van der Waals surface area contributed by atoms with Gasteiger partial charge in [-0.25, -0.2) is 0 Å². The summed E-state index contributed by atoms with van der Waals surface area (Å²) in [4.78, 5) is 0. The summed E-state index contributed by atoms with van der Waals surface area (Å²) < 4.78 is 0. The Hall–Kier alpha value is -3.64. The van der Waals surface area contributed by atoms with Gasteiger partial charge in [0, 0.05) is 23.1 Å². The van der Waals surface area contributed by atoms with Gasteiger partial charge in [-0.05, 0) is 23.8 Å². The fourth-order valence-electron chi connectivity index (χ4n) is 2.84. The maximum Gasteiger partial charge on any atom is 0.117 e. The average molecular weight is 335 g/mol. The van der Waals surface area contributed by atoms with Gasteiger partial charge in [0.05, 0.1) is 5.69 Å². The third-order valence-corrected chi connectivity index (χ3v) is 4.13. The standard InChI is InChI=1S/C23H17N3/c1-3-9-18(10-4-1)15-16-20-13-7-8-14-21(20)23-22(24-26-25-23)17-19-11-5-2-6-12-19/h1-14H,17H2,(H,24,25,26). The number of nitrogens with zero attached hydrogens (tertiary/aromatic N) is 2. The van der Waals surface area contributed by atoms with Crippen molar-refractivity contribution >= 4 is 0 Å². The Labute approximate surface area is 152 Å². The fourth-order valence-corrected chi connectivity index (χ4v) is 2.84. The second kappa shape index (κ2) is 7.50. The van der Waals surface area contributed by atoms with Crippen LogP contribution in [0.25, 0.3) is 11.3 Å². The Morgan fingerprint density at radius 3 is 2.19 bits per heavy atom. The summed E-state index contributed by atoms with van der Waals surface area (Å²) in [6.45, 7) is 0. The largest absolute Gasteiger partial charge is 0.197 e. The molecule has 3 nitrogen and oxygen atoms in total. The van der Waals surface area contributed by atoms with E-state index in [-0.39, 0.29) is 0 Å². The Morgan fingerprint density at radius 1 is 0.692 bits per heavy atom. The number of aromatic nitrogens is 3. The molecule has 4 aromatic rings. The summed E-state index contributed by atoms with van der Waals surface area (Å²) >= 11 is 0. The lowest BCUT2D eigenvalue weighted by Gasteiger charge is -2.04. The van der Waals surface area contributed by atoms with Gasteiger partial charge in [-0.2, -0.15) is 15.4 Å². The van der Waals surface area contributed by atoms with Gasteiger partial charge in [-0.15, -0.1) is 0 Å². The summed E-state index contributed by atoms with van der Waals surface area (Å²) in [5.74, 6) is 6.50. The number of hydrogen-bond donors (Lipinski definition) is 1. The predicted octanol–water partition coefficient (Wildman–Crippen LogP) is 4.46. The molecule has 0 radical (unpaired) electrons. The second-order valence-corrected chi connectivity index (χ2v) is 5.94. The molecule has 3 aromatic carbocycles. The summed E-state index contributed by atoms with van der Waals surface area (Å²) in [6, 6.07) is 28.3. The number of hydrogen-bond acceptors (Lipinski definition) is 2. The molecule has 0 atom stereocenters. The summed E-state index contributed by atoms with van der Waals surface area (Å²) in [5, 5.41) is 11.5. The van der Waals surface area contributed by atoms with Crippen LogP contribution < -0.4 is 0 Å². The van der Waals surface area contributed by atoms with E-state index in [0.717, 1.165) is 34.5 Å². The van der Waals surface area contributed by atoms with E-state index >= 15 is 0 Å². The third-order valence-electron chi connectivity index (χ3n) is 4.13. The first-order chi connectivity index (χ1) is 12.9. The minimum atomic E-state index is 0.729. The SMILES string of the molecule is C(#Cc1ccccc1-c1n[nH]nc1Cc1ccccc1)c1ccccc1. The average Bonchev–Trinajstić information content (AvgIpc) is 3.16. The minimum Gasteiger partial charge on any atom is -0.197 e. The van der Waals surface area contributed by atoms with E-state index in [9.17, 15) is 0 Å². The molecule has 0 aliphatic heterocycles. The zero-order valence-electron chi connectivity index (χ0n) is 14.2. The van der Waals surface area contributed by atoms with Crippen LogP contribution in [0.2, 0.25) is 0 Å².